The van der Waals surface area contributed by atoms with Crippen LogP contribution in [0.25, 0.3) is 10.9 Å². The number of hydrogen-bond donors (Lipinski definition) is 3. The summed E-state index contributed by atoms with van der Waals surface area (Å²) < 4.78 is 11.8. The highest BCUT2D eigenvalue weighted by molar-refractivity contribution is 6.07. The van der Waals surface area contributed by atoms with Gasteiger partial charge in [0.2, 0.25) is 0 Å². The fourth-order valence-electron chi connectivity index (χ4n) is 2.61. The summed E-state index contributed by atoms with van der Waals surface area (Å²) in [5, 5.41) is 8.21. The molecule has 8 heteroatoms. The second-order valence-corrected chi connectivity index (χ2v) is 6.95. The maximum Gasteiger partial charge on any atom is 0.276 e. The molecule has 1 aromatic heterocycles. The van der Waals surface area contributed by atoms with E-state index in [2.05, 4.69) is 9.88 Å². The Hall–Kier alpha value is -2.74. The Balaban J connectivity index is 2.37. The number of nitrogens with two attached hydrogens (primary N) is 1. The Bertz CT molecular complexity index is 813. The first kappa shape index (κ1) is 20.6. The van der Waals surface area contributed by atoms with E-state index < -0.39 is 5.91 Å². The summed E-state index contributed by atoms with van der Waals surface area (Å²) >= 11 is 0. The smallest absolute Gasteiger partial charge is 0.276 e. The zero-order valence-electron chi connectivity index (χ0n) is 16.6. The van der Waals surface area contributed by atoms with Crippen molar-refractivity contribution in [3.8, 4) is 11.5 Å². The van der Waals surface area contributed by atoms with E-state index in [1.165, 1.54) is 7.05 Å². The second-order valence-electron chi connectivity index (χ2n) is 6.95. The maximum atomic E-state index is 12.5. The molecule has 0 atom stereocenters. The first-order chi connectivity index (χ1) is 12.7. The number of guanidine groups is 1. The van der Waals surface area contributed by atoms with Gasteiger partial charge in [0.25, 0.3) is 5.91 Å². The number of H-pyrrole nitrogens is 1. The number of aromatic nitrogens is 1. The molecule has 148 valence electrons. The van der Waals surface area contributed by atoms with Crippen LogP contribution in [0, 0.1) is 5.41 Å². The molecule has 0 bridgehead atoms. The number of aromatic amines is 1. The van der Waals surface area contributed by atoms with E-state index in [0.717, 1.165) is 23.3 Å². The molecule has 0 fully saturated rings. The highest BCUT2D eigenvalue weighted by Gasteiger charge is 2.20. The van der Waals surface area contributed by atoms with Crippen molar-refractivity contribution in [3.63, 3.8) is 0 Å². The Labute approximate surface area is 159 Å². The molecule has 2 rings (SSSR count). The van der Waals surface area contributed by atoms with E-state index >= 15 is 0 Å². The first-order valence-electron chi connectivity index (χ1n) is 8.92. The quantitative estimate of drug-likeness (QED) is 0.373. The zero-order chi connectivity index (χ0) is 20.1. The van der Waals surface area contributed by atoms with Gasteiger partial charge >= 0.3 is 0 Å². The van der Waals surface area contributed by atoms with E-state index in [1.807, 2.05) is 40.1 Å². The van der Waals surface area contributed by atoms with Crippen LogP contribution in [0.3, 0.4) is 0 Å². The monoisotopic (exact) mass is 375 g/mol. The van der Waals surface area contributed by atoms with Crippen LogP contribution in [0.2, 0.25) is 0 Å². The molecule has 1 heterocycles. The molecule has 1 aromatic carbocycles. The molecule has 0 aliphatic rings. The van der Waals surface area contributed by atoms with Gasteiger partial charge in [0.15, 0.2) is 5.96 Å². The van der Waals surface area contributed by atoms with Crippen molar-refractivity contribution in [1.29, 1.82) is 5.41 Å². The molecular weight excluding hydrogens is 346 g/mol. The minimum atomic E-state index is -0.396. The van der Waals surface area contributed by atoms with E-state index in [4.69, 9.17) is 20.6 Å². The van der Waals surface area contributed by atoms with Gasteiger partial charge in [-0.15, -0.1) is 0 Å². The normalized spacial score (nSPS) is 11.2. The summed E-state index contributed by atoms with van der Waals surface area (Å²) in [6.07, 6.45) is 0.882. The summed E-state index contributed by atoms with van der Waals surface area (Å²) in [4.78, 5) is 18.8. The number of fused-ring (bicyclic) bond motifs is 1. The second kappa shape index (κ2) is 8.77. The number of carbonyl (C=O) groups excluding carboxylic acids is 1. The van der Waals surface area contributed by atoms with Gasteiger partial charge in [-0.2, -0.15) is 0 Å². The number of amides is 1. The molecule has 0 aliphatic heterocycles. The van der Waals surface area contributed by atoms with Crippen molar-refractivity contribution < 1.29 is 14.3 Å². The van der Waals surface area contributed by atoms with Crippen LogP contribution in [-0.4, -0.2) is 67.0 Å². The highest BCUT2D eigenvalue weighted by Crippen LogP contribution is 2.34. The Morgan fingerprint density at radius 3 is 2.52 bits per heavy atom. The highest BCUT2D eigenvalue weighted by atomic mass is 16.5. The minimum absolute atomic E-state index is 0.00555. The third-order valence-corrected chi connectivity index (χ3v) is 3.98. The molecule has 8 nitrogen and oxygen atoms in total. The number of ether oxygens (including phenoxy) is 2. The van der Waals surface area contributed by atoms with Gasteiger partial charge in [-0.3, -0.25) is 15.1 Å². The molecule has 0 unspecified atom stereocenters. The number of nitrogens with one attached hydrogen (secondary N) is 2. The Morgan fingerprint density at radius 2 is 1.93 bits per heavy atom. The van der Waals surface area contributed by atoms with Crippen molar-refractivity contribution in [1.82, 2.24) is 14.8 Å². The number of benzene rings is 1. The van der Waals surface area contributed by atoms with E-state index in [-0.39, 0.29) is 12.1 Å². The lowest BCUT2D eigenvalue weighted by Gasteiger charge is -2.14. The summed E-state index contributed by atoms with van der Waals surface area (Å²) in [7, 11) is 5.50. The average molecular weight is 375 g/mol. The molecule has 0 saturated carbocycles. The molecule has 1 amide bonds. The topological polar surface area (TPSA) is 108 Å². The van der Waals surface area contributed by atoms with Crippen molar-refractivity contribution >= 4 is 22.8 Å². The van der Waals surface area contributed by atoms with Gasteiger partial charge in [0.1, 0.15) is 17.2 Å². The van der Waals surface area contributed by atoms with E-state index in [1.54, 1.807) is 6.07 Å². The van der Waals surface area contributed by atoms with Crippen molar-refractivity contribution in [2.24, 2.45) is 5.73 Å². The van der Waals surface area contributed by atoms with Gasteiger partial charge in [-0.1, -0.05) is 0 Å². The summed E-state index contributed by atoms with van der Waals surface area (Å²) in [5.74, 6) is 0.607. The summed E-state index contributed by atoms with van der Waals surface area (Å²) in [6.45, 7) is 5.38. The van der Waals surface area contributed by atoms with Gasteiger partial charge in [-0.05, 0) is 52.6 Å². The fraction of sp³-hybridized carbons (Fsp3) is 0.474. The lowest BCUT2D eigenvalue weighted by molar-refractivity contribution is 0.0864. The minimum Gasteiger partial charge on any atom is -0.491 e. The first-order valence-corrected chi connectivity index (χ1v) is 8.92. The van der Waals surface area contributed by atoms with Gasteiger partial charge < -0.3 is 25.1 Å². The number of rotatable bonds is 8. The van der Waals surface area contributed by atoms with Crippen LogP contribution >= 0.6 is 0 Å². The largest absolute Gasteiger partial charge is 0.491 e. The number of nitrogens with zero attached hydrogens (tertiary/aromatic N) is 2. The maximum absolute atomic E-state index is 12.5. The third kappa shape index (κ3) is 5.13. The predicted molar refractivity (Wildman–Crippen MR) is 107 cm³/mol. The van der Waals surface area contributed by atoms with Gasteiger partial charge in [0.05, 0.1) is 18.2 Å². The fourth-order valence-corrected chi connectivity index (χ4v) is 2.61. The van der Waals surface area contributed by atoms with Gasteiger partial charge in [0, 0.05) is 19.0 Å². The van der Waals surface area contributed by atoms with Crippen LogP contribution in [0.4, 0.5) is 0 Å². The van der Waals surface area contributed by atoms with E-state index in [9.17, 15) is 4.79 Å². The third-order valence-electron chi connectivity index (χ3n) is 3.98. The molecule has 2 aromatic rings. The molecule has 0 spiro atoms. The standard InChI is InChI=1S/C19H29N5O3/c1-12(2)27-15-7-8-16(26-10-6-9-23(3)4)17-13(15)11-14(22-17)18(25)24(5)19(20)21/h7-8,11-12,22H,6,9-10H2,1-5H3,(H3,20,21). The SMILES string of the molecule is CC(C)Oc1ccc(OCCCN(C)C)c2[nH]c(C(=O)N(C)C(=N)N)cc12. The van der Waals surface area contributed by atoms with Crippen LogP contribution in [-0.2, 0) is 0 Å². The predicted octanol–water partition coefficient (Wildman–Crippen LogP) is 2.25. The van der Waals surface area contributed by atoms with Crippen LogP contribution in [0.15, 0.2) is 18.2 Å². The van der Waals surface area contributed by atoms with Crippen LogP contribution in [0.5, 0.6) is 11.5 Å². The van der Waals surface area contributed by atoms with Crippen LogP contribution < -0.4 is 15.2 Å². The number of carbonyl (C=O) groups is 1. The zero-order valence-corrected chi connectivity index (χ0v) is 16.6. The Morgan fingerprint density at radius 1 is 1.26 bits per heavy atom. The molecule has 27 heavy (non-hydrogen) atoms. The van der Waals surface area contributed by atoms with Gasteiger partial charge in [-0.25, -0.2) is 0 Å². The lowest BCUT2D eigenvalue weighted by atomic mass is 10.2. The molecule has 0 radical (unpaired) electrons. The van der Waals surface area contributed by atoms with Crippen molar-refractivity contribution in [2.75, 3.05) is 34.3 Å². The number of hydrogen-bond acceptors (Lipinski definition) is 5. The van der Waals surface area contributed by atoms with Crippen molar-refractivity contribution in [3.05, 3.63) is 23.9 Å². The van der Waals surface area contributed by atoms with E-state index in [0.29, 0.717) is 29.3 Å². The lowest BCUT2D eigenvalue weighted by Crippen LogP contribution is -2.38. The van der Waals surface area contributed by atoms with Crippen LogP contribution in [0.1, 0.15) is 30.8 Å². The average Bonchev–Trinajstić information content (AvgIpc) is 3.04. The van der Waals surface area contributed by atoms with Crippen molar-refractivity contribution in [2.45, 2.75) is 26.4 Å². The molecule has 0 aliphatic carbocycles. The molecular formula is C19H29N5O3. The Kier molecular flexibility index (Phi) is 6.68. The summed E-state index contributed by atoms with van der Waals surface area (Å²) in [5.41, 5.74) is 6.43. The summed E-state index contributed by atoms with van der Waals surface area (Å²) in [6, 6.07) is 5.40. The molecule has 0 saturated heterocycles. The molecule has 4 N–H and O–H groups in total.